The van der Waals surface area contributed by atoms with E-state index in [0.717, 1.165) is 66.4 Å². The van der Waals surface area contributed by atoms with Crippen molar-refractivity contribution in [2.75, 3.05) is 0 Å². The van der Waals surface area contributed by atoms with E-state index in [1.54, 1.807) is 0 Å². The molecule has 0 unspecified atom stereocenters. The van der Waals surface area contributed by atoms with Crippen molar-refractivity contribution < 1.29 is 0 Å². The van der Waals surface area contributed by atoms with Crippen LogP contribution in [0.2, 0.25) is 0 Å². The van der Waals surface area contributed by atoms with Crippen LogP contribution in [0.25, 0.3) is 66.4 Å². The maximum absolute atomic E-state index is 4.77. The molecule has 0 aliphatic rings. The molecule has 0 bridgehead atoms. The lowest BCUT2D eigenvalue weighted by molar-refractivity contribution is 1.11. The van der Waals surface area contributed by atoms with Gasteiger partial charge in [0, 0.05) is 71.1 Å². The van der Waals surface area contributed by atoms with Crippen molar-refractivity contribution in [2.24, 2.45) is 0 Å². The Morgan fingerprint density at radius 3 is 1.00 bits per heavy atom. The van der Waals surface area contributed by atoms with Crippen LogP contribution in [-0.2, 0) is 0 Å². The second kappa shape index (κ2) is 8.01. The Hall–Kier alpha value is -5.50. The fourth-order valence-electron chi connectivity index (χ4n) is 5.31. The van der Waals surface area contributed by atoms with Crippen LogP contribution >= 0.6 is 0 Å². The highest BCUT2D eigenvalue weighted by Crippen LogP contribution is 2.32. The van der Waals surface area contributed by atoms with Gasteiger partial charge in [0.1, 0.15) is 0 Å². The molecule has 0 saturated heterocycles. The lowest BCUT2D eigenvalue weighted by atomic mass is 10.2. The maximum Gasteiger partial charge on any atom is 0.0887 e. The predicted molar refractivity (Wildman–Crippen MR) is 147 cm³/mol. The summed E-state index contributed by atoms with van der Waals surface area (Å²) in [7, 11) is 0. The molecule has 38 heavy (non-hydrogen) atoms. The average Bonchev–Trinajstić information content (AvgIpc) is 3.51. The van der Waals surface area contributed by atoms with E-state index in [2.05, 4.69) is 41.2 Å². The number of rotatable bonds is 3. The van der Waals surface area contributed by atoms with Crippen molar-refractivity contribution in [3.8, 4) is 22.8 Å². The van der Waals surface area contributed by atoms with Crippen LogP contribution in [0.4, 0.5) is 0 Å². The number of aromatic nitrogens is 8. The van der Waals surface area contributed by atoms with Gasteiger partial charge in [-0.2, -0.15) is 0 Å². The molecule has 0 radical (unpaired) electrons. The Kier molecular flexibility index (Phi) is 4.35. The highest BCUT2D eigenvalue weighted by molar-refractivity contribution is 6.09. The van der Waals surface area contributed by atoms with Gasteiger partial charge < -0.3 is 9.13 Å². The summed E-state index contributed by atoms with van der Waals surface area (Å²) in [6.45, 7) is 0. The fourth-order valence-corrected chi connectivity index (χ4v) is 5.31. The van der Waals surface area contributed by atoms with Gasteiger partial charge in [-0.25, -0.2) is 0 Å². The second-order valence-electron chi connectivity index (χ2n) is 9.05. The van der Waals surface area contributed by atoms with Crippen LogP contribution in [-0.4, -0.2) is 39.0 Å². The third kappa shape index (κ3) is 2.97. The summed E-state index contributed by atoms with van der Waals surface area (Å²) in [5, 5.41) is 4.25. The number of hydrogen-bond acceptors (Lipinski definition) is 6. The SMILES string of the molecule is c1cc2c(cn1)c1cnccc1n2-c1ccc(-c2ccc(-n3c4ccncc4c4cnccc43)cn2)nc1. The molecule has 8 aromatic heterocycles. The van der Waals surface area contributed by atoms with Crippen LogP contribution < -0.4 is 0 Å². The number of hydrogen-bond donors (Lipinski definition) is 0. The van der Waals surface area contributed by atoms with Gasteiger partial charge in [0.25, 0.3) is 0 Å². The first-order chi connectivity index (χ1) is 18.9. The summed E-state index contributed by atoms with van der Waals surface area (Å²) in [5.74, 6) is 0. The molecular formula is C30H18N8. The highest BCUT2D eigenvalue weighted by atomic mass is 15.0. The van der Waals surface area contributed by atoms with Gasteiger partial charge in [0.15, 0.2) is 0 Å². The summed E-state index contributed by atoms with van der Waals surface area (Å²) in [4.78, 5) is 26.8. The zero-order valence-corrected chi connectivity index (χ0v) is 20.0. The minimum Gasteiger partial charge on any atom is -0.307 e. The summed E-state index contributed by atoms with van der Waals surface area (Å²) < 4.78 is 4.38. The third-order valence-corrected chi connectivity index (χ3v) is 7.01. The van der Waals surface area contributed by atoms with Crippen molar-refractivity contribution in [3.63, 3.8) is 0 Å². The Balaban J connectivity index is 1.20. The van der Waals surface area contributed by atoms with Crippen molar-refractivity contribution >= 4 is 43.6 Å². The Morgan fingerprint density at radius 1 is 0.368 bits per heavy atom. The van der Waals surface area contributed by atoms with E-state index in [0.29, 0.717) is 0 Å². The first kappa shape index (κ1) is 20.7. The molecular weight excluding hydrogens is 472 g/mol. The monoisotopic (exact) mass is 490 g/mol. The second-order valence-corrected chi connectivity index (χ2v) is 9.05. The molecule has 0 fully saturated rings. The van der Waals surface area contributed by atoms with Crippen LogP contribution in [0, 0.1) is 0 Å². The average molecular weight is 491 g/mol. The summed E-state index contributed by atoms with van der Waals surface area (Å²) in [6.07, 6.45) is 18.5. The van der Waals surface area contributed by atoms with Crippen molar-refractivity contribution in [1.82, 2.24) is 39.0 Å². The standard InChI is InChI=1S/C30H18N8/c1-3-25(35-13-19(1)37-27-5-9-31-15-21(27)22-16-32-10-6-28(22)37)26-4-2-20(14-36-26)38-29-7-11-33-17-23(29)24-18-34-12-8-30(24)38/h1-18H. The van der Waals surface area contributed by atoms with Crippen LogP contribution in [0.15, 0.2) is 110 Å². The van der Waals surface area contributed by atoms with Gasteiger partial charge in [-0.1, -0.05) is 0 Å². The van der Waals surface area contributed by atoms with Gasteiger partial charge in [0.2, 0.25) is 0 Å². The van der Waals surface area contributed by atoms with E-state index in [4.69, 9.17) is 9.97 Å². The number of nitrogens with zero attached hydrogens (tertiary/aromatic N) is 8. The third-order valence-electron chi connectivity index (χ3n) is 7.01. The topological polar surface area (TPSA) is 87.2 Å². The van der Waals surface area contributed by atoms with E-state index in [9.17, 15) is 0 Å². The first-order valence-electron chi connectivity index (χ1n) is 12.2. The largest absolute Gasteiger partial charge is 0.307 e. The molecule has 0 saturated carbocycles. The van der Waals surface area contributed by atoms with E-state index >= 15 is 0 Å². The van der Waals surface area contributed by atoms with E-state index in [-0.39, 0.29) is 0 Å². The van der Waals surface area contributed by atoms with Gasteiger partial charge in [0.05, 0.1) is 57.2 Å². The normalized spacial score (nSPS) is 11.7. The maximum atomic E-state index is 4.77. The Bertz CT molecular complexity index is 1860. The number of fused-ring (bicyclic) bond motifs is 6. The van der Waals surface area contributed by atoms with Crippen molar-refractivity contribution in [2.45, 2.75) is 0 Å². The van der Waals surface area contributed by atoms with Crippen LogP contribution in [0.1, 0.15) is 0 Å². The summed E-state index contributed by atoms with van der Waals surface area (Å²) in [5.41, 5.74) is 7.81. The van der Waals surface area contributed by atoms with Crippen LogP contribution in [0.3, 0.4) is 0 Å². The molecule has 8 heteroatoms. The van der Waals surface area contributed by atoms with Crippen molar-refractivity contribution in [1.29, 1.82) is 0 Å². The first-order valence-corrected chi connectivity index (χ1v) is 12.2. The minimum atomic E-state index is 0.806. The lowest BCUT2D eigenvalue weighted by Crippen LogP contribution is -1.98. The minimum absolute atomic E-state index is 0.806. The lowest BCUT2D eigenvalue weighted by Gasteiger charge is -2.10. The number of pyridine rings is 6. The van der Waals surface area contributed by atoms with Crippen molar-refractivity contribution in [3.05, 3.63) is 110 Å². The smallest absolute Gasteiger partial charge is 0.0887 e. The highest BCUT2D eigenvalue weighted by Gasteiger charge is 2.14. The molecule has 0 N–H and O–H groups in total. The summed E-state index contributed by atoms with van der Waals surface area (Å²) >= 11 is 0. The fraction of sp³-hybridized carbons (Fsp3) is 0. The molecule has 0 aromatic carbocycles. The van der Waals surface area contributed by atoms with Crippen LogP contribution in [0.5, 0.6) is 0 Å². The zero-order valence-electron chi connectivity index (χ0n) is 20.0. The molecule has 0 atom stereocenters. The predicted octanol–water partition coefficient (Wildman–Crippen LogP) is 5.92. The molecule has 8 heterocycles. The molecule has 8 nitrogen and oxygen atoms in total. The van der Waals surface area contributed by atoms with E-state index in [1.165, 1.54) is 0 Å². The van der Waals surface area contributed by atoms with Gasteiger partial charge >= 0.3 is 0 Å². The molecule has 178 valence electrons. The molecule has 0 aliphatic heterocycles. The quantitative estimate of drug-likeness (QED) is 0.306. The van der Waals surface area contributed by atoms with E-state index < -0.39 is 0 Å². The van der Waals surface area contributed by atoms with Gasteiger partial charge in [-0.15, -0.1) is 0 Å². The molecule has 8 rings (SSSR count). The zero-order chi connectivity index (χ0) is 25.1. The molecule has 0 aliphatic carbocycles. The van der Waals surface area contributed by atoms with E-state index in [1.807, 2.05) is 98.4 Å². The molecule has 0 spiro atoms. The molecule has 0 amide bonds. The van der Waals surface area contributed by atoms with Gasteiger partial charge in [-0.05, 0) is 48.5 Å². The van der Waals surface area contributed by atoms with Gasteiger partial charge in [-0.3, -0.25) is 29.9 Å². The molecule has 8 aromatic rings. The summed E-state index contributed by atoms with van der Waals surface area (Å²) in [6, 6.07) is 16.2. The Morgan fingerprint density at radius 2 is 0.711 bits per heavy atom. The Labute approximate surface area is 215 Å².